The molecule has 150 valence electrons. The second-order valence-electron chi connectivity index (χ2n) is 6.93. The van der Waals surface area contributed by atoms with Crippen molar-refractivity contribution in [3.05, 3.63) is 72.4 Å². The summed E-state index contributed by atoms with van der Waals surface area (Å²) in [5, 5.41) is 2.82. The fourth-order valence-electron chi connectivity index (χ4n) is 2.68. The molecule has 7 heteroatoms. The van der Waals surface area contributed by atoms with Crippen LogP contribution in [0.2, 0.25) is 0 Å². The van der Waals surface area contributed by atoms with Crippen LogP contribution in [-0.2, 0) is 6.42 Å². The van der Waals surface area contributed by atoms with Crippen LogP contribution in [-0.4, -0.2) is 40.6 Å². The number of aromatic nitrogens is 3. The summed E-state index contributed by atoms with van der Waals surface area (Å²) in [7, 11) is 1.95. The molecule has 0 atom stereocenters. The SMILES string of the molecule is CC(C)Oc1ccc(NC(=O)c2cnc(N(C)CCc3ccncc3)cn2)cc1. The average Bonchev–Trinajstić information content (AvgIpc) is 2.74. The lowest BCUT2D eigenvalue weighted by Crippen LogP contribution is -2.22. The summed E-state index contributed by atoms with van der Waals surface area (Å²) in [5.74, 6) is 1.17. The maximum atomic E-state index is 12.4. The van der Waals surface area contributed by atoms with Crippen LogP contribution in [0.5, 0.6) is 5.75 Å². The van der Waals surface area contributed by atoms with Gasteiger partial charge in [-0.1, -0.05) is 0 Å². The topological polar surface area (TPSA) is 80.2 Å². The second kappa shape index (κ2) is 9.64. The number of carbonyl (C=O) groups is 1. The fraction of sp³-hybridized carbons (Fsp3) is 0.273. The summed E-state index contributed by atoms with van der Waals surface area (Å²) in [4.78, 5) is 27.1. The van der Waals surface area contributed by atoms with Crippen molar-refractivity contribution in [1.82, 2.24) is 15.0 Å². The number of likely N-dealkylation sites (N-methyl/N-ethyl adjacent to an activating group) is 1. The fourth-order valence-corrected chi connectivity index (χ4v) is 2.68. The highest BCUT2D eigenvalue weighted by atomic mass is 16.5. The van der Waals surface area contributed by atoms with Crippen LogP contribution in [0.1, 0.15) is 29.9 Å². The van der Waals surface area contributed by atoms with Crippen LogP contribution in [0.15, 0.2) is 61.2 Å². The molecular formula is C22H25N5O2. The number of hydrogen-bond donors (Lipinski definition) is 1. The van der Waals surface area contributed by atoms with Gasteiger partial charge in [-0.25, -0.2) is 9.97 Å². The normalized spacial score (nSPS) is 10.6. The van der Waals surface area contributed by atoms with Crippen molar-refractivity contribution in [2.24, 2.45) is 0 Å². The van der Waals surface area contributed by atoms with Crippen LogP contribution in [0.25, 0.3) is 0 Å². The van der Waals surface area contributed by atoms with Crippen molar-refractivity contribution in [3.8, 4) is 5.75 Å². The van der Waals surface area contributed by atoms with E-state index < -0.39 is 0 Å². The van der Waals surface area contributed by atoms with Crippen molar-refractivity contribution >= 4 is 17.4 Å². The number of rotatable bonds is 8. The minimum atomic E-state index is -0.305. The van der Waals surface area contributed by atoms with Gasteiger partial charge in [0.25, 0.3) is 5.91 Å². The van der Waals surface area contributed by atoms with Crippen molar-refractivity contribution in [2.45, 2.75) is 26.4 Å². The van der Waals surface area contributed by atoms with Gasteiger partial charge in [-0.2, -0.15) is 0 Å². The number of carbonyl (C=O) groups excluding carboxylic acids is 1. The van der Waals surface area contributed by atoms with Gasteiger partial charge in [-0.15, -0.1) is 0 Å². The van der Waals surface area contributed by atoms with Gasteiger partial charge < -0.3 is 15.0 Å². The maximum absolute atomic E-state index is 12.4. The Labute approximate surface area is 170 Å². The summed E-state index contributed by atoms with van der Waals surface area (Å²) in [5.41, 5.74) is 2.14. The highest BCUT2D eigenvalue weighted by Crippen LogP contribution is 2.17. The molecule has 3 aromatic rings. The summed E-state index contributed by atoms with van der Waals surface area (Å²) in [6, 6.07) is 11.2. The highest BCUT2D eigenvalue weighted by molar-refractivity contribution is 6.02. The Bertz CT molecular complexity index is 912. The van der Waals surface area contributed by atoms with Gasteiger partial charge in [0.1, 0.15) is 17.3 Å². The summed E-state index contributed by atoms with van der Waals surface area (Å²) >= 11 is 0. The number of nitrogens with zero attached hydrogens (tertiary/aromatic N) is 4. The van der Waals surface area contributed by atoms with Crippen LogP contribution >= 0.6 is 0 Å². The van der Waals surface area contributed by atoms with E-state index >= 15 is 0 Å². The molecule has 0 unspecified atom stereocenters. The Morgan fingerprint density at radius 1 is 1.07 bits per heavy atom. The van der Waals surface area contributed by atoms with Crippen molar-refractivity contribution in [3.63, 3.8) is 0 Å². The molecule has 29 heavy (non-hydrogen) atoms. The Morgan fingerprint density at radius 3 is 2.41 bits per heavy atom. The molecule has 0 aliphatic rings. The van der Waals surface area contributed by atoms with Gasteiger partial charge in [0.05, 0.1) is 18.5 Å². The molecule has 1 amide bonds. The first-order valence-electron chi connectivity index (χ1n) is 9.51. The minimum absolute atomic E-state index is 0.104. The number of ether oxygens (including phenoxy) is 1. The number of amides is 1. The van der Waals surface area contributed by atoms with Crippen molar-refractivity contribution in [2.75, 3.05) is 23.8 Å². The van der Waals surface area contributed by atoms with E-state index in [2.05, 4.69) is 20.3 Å². The van der Waals surface area contributed by atoms with Gasteiger partial charge in [-0.3, -0.25) is 9.78 Å². The standard InChI is InChI=1S/C22H25N5O2/c1-16(2)29-19-6-4-18(5-7-19)26-22(28)20-14-25-21(15-24-20)27(3)13-10-17-8-11-23-12-9-17/h4-9,11-12,14-16H,10,13H2,1-3H3,(H,26,28). The second-order valence-corrected chi connectivity index (χ2v) is 6.93. The lowest BCUT2D eigenvalue weighted by molar-refractivity contribution is 0.102. The number of hydrogen-bond acceptors (Lipinski definition) is 6. The van der Waals surface area contributed by atoms with Gasteiger partial charge >= 0.3 is 0 Å². The third-order valence-corrected chi connectivity index (χ3v) is 4.23. The van der Waals surface area contributed by atoms with E-state index in [0.29, 0.717) is 11.5 Å². The first-order chi connectivity index (χ1) is 14.0. The highest BCUT2D eigenvalue weighted by Gasteiger charge is 2.10. The first-order valence-corrected chi connectivity index (χ1v) is 9.51. The molecule has 0 aliphatic carbocycles. The van der Waals surface area contributed by atoms with E-state index in [1.165, 1.54) is 11.8 Å². The van der Waals surface area contributed by atoms with Gasteiger partial charge in [0, 0.05) is 31.7 Å². The van der Waals surface area contributed by atoms with Crippen molar-refractivity contribution in [1.29, 1.82) is 0 Å². The molecule has 0 aliphatic heterocycles. The van der Waals surface area contributed by atoms with Crippen LogP contribution in [0.4, 0.5) is 11.5 Å². The third-order valence-electron chi connectivity index (χ3n) is 4.23. The summed E-state index contributed by atoms with van der Waals surface area (Å²) in [6.07, 6.45) is 7.65. The van der Waals surface area contributed by atoms with Gasteiger partial charge in [0.2, 0.25) is 0 Å². The smallest absolute Gasteiger partial charge is 0.275 e. The average molecular weight is 391 g/mol. The Balaban J connectivity index is 1.55. The Morgan fingerprint density at radius 2 is 1.79 bits per heavy atom. The molecule has 0 bridgehead atoms. The van der Waals surface area contributed by atoms with E-state index in [-0.39, 0.29) is 17.7 Å². The largest absolute Gasteiger partial charge is 0.491 e. The Kier molecular flexibility index (Phi) is 6.73. The molecule has 0 radical (unpaired) electrons. The molecule has 2 aromatic heterocycles. The molecule has 7 nitrogen and oxygen atoms in total. The lowest BCUT2D eigenvalue weighted by Gasteiger charge is -2.17. The Hall–Kier alpha value is -3.48. The van der Waals surface area contributed by atoms with Gasteiger partial charge in [-0.05, 0) is 62.2 Å². The predicted molar refractivity (Wildman–Crippen MR) is 113 cm³/mol. The molecular weight excluding hydrogens is 366 g/mol. The molecule has 0 saturated heterocycles. The molecule has 2 heterocycles. The van der Waals surface area contributed by atoms with Crippen LogP contribution < -0.4 is 15.0 Å². The van der Waals surface area contributed by atoms with Crippen molar-refractivity contribution < 1.29 is 9.53 Å². The molecule has 1 N–H and O–H groups in total. The zero-order valence-electron chi connectivity index (χ0n) is 16.9. The monoisotopic (exact) mass is 391 g/mol. The third kappa shape index (κ3) is 6.00. The quantitative estimate of drug-likeness (QED) is 0.632. The van der Waals surface area contributed by atoms with E-state index in [0.717, 1.165) is 18.7 Å². The zero-order chi connectivity index (χ0) is 20.6. The number of anilines is 2. The van der Waals surface area contributed by atoms with E-state index in [9.17, 15) is 4.79 Å². The predicted octanol–water partition coefficient (Wildman–Crippen LogP) is 3.59. The first kappa shape index (κ1) is 20.3. The molecule has 0 fully saturated rings. The minimum Gasteiger partial charge on any atom is -0.491 e. The zero-order valence-corrected chi connectivity index (χ0v) is 16.9. The van der Waals surface area contributed by atoms with Gasteiger partial charge in [0.15, 0.2) is 0 Å². The van der Waals surface area contributed by atoms with Crippen LogP contribution in [0, 0.1) is 0 Å². The maximum Gasteiger partial charge on any atom is 0.275 e. The number of benzene rings is 1. The summed E-state index contributed by atoms with van der Waals surface area (Å²) < 4.78 is 5.60. The molecule has 1 aromatic carbocycles. The molecule has 3 rings (SSSR count). The van der Waals surface area contributed by atoms with E-state index in [1.807, 2.05) is 50.1 Å². The van der Waals surface area contributed by atoms with E-state index in [1.54, 1.807) is 30.7 Å². The van der Waals surface area contributed by atoms with E-state index in [4.69, 9.17) is 4.74 Å². The summed E-state index contributed by atoms with van der Waals surface area (Å²) in [6.45, 7) is 4.72. The number of pyridine rings is 1. The number of nitrogens with one attached hydrogen (secondary N) is 1. The van der Waals surface area contributed by atoms with Crippen LogP contribution in [0.3, 0.4) is 0 Å². The molecule has 0 spiro atoms. The molecule has 0 saturated carbocycles. The lowest BCUT2D eigenvalue weighted by atomic mass is 10.2.